The maximum absolute atomic E-state index is 6.34. The molecule has 0 aromatic heterocycles. The van der Waals surface area contributed by atoms with E-state index in [0.29, 0.717) is 0 Å². The molecule has 1 unspecified atom stereocenters. The first-order valence-corrected chi connectivity index (χ1v) is 7.34. The van der Waals surface area contributed by atoms with Crippen molar-refractivity contribution in [2.45, 2.75) is 33.2 Å². The molecule has 0 aliphatic carbocycles. The Morgan fingerprint density at radius 1 is 1.00 bits per heavy atom. The molecule has 0 amide bonds. The normalized spacial score (nSPS) is 12.5. The van der Waals surface area contributed by atoms with Gasteiger partial charge in [0.15, 0.2) is 0 Å². The fraction of sp³-hybridized carbons (Fsp3) is 0.294. The van der Waals surface area contributed by atoms with E-state index in [9.17, 15) is 0 Å². The maximum atomic E-state index is 6.34. The third-order valence-electron chi connectivity index (χ3n) is 3.46. The van der Waals surface area contributed by atoms with E-state index >= 15 is 0 Å². The minimum absolute atomic E-state index is 0.0493. The number of hydrogen-bond donors (Lipinski definition) is 1. The predicted octanol–water partition coefficient (Wildman–Crippen LogP) is 4.62. The lowest BCUT2D eigenvalue weighted by Crippen LogP contribution is -2.14. The average molecular weight is 318 g/mol. The van der Waals surface area contributed by atoms with Crippen molar-refractivity contribution in [3.05, 3.63) is 68.7 Å². The molecular weight excluding hydrogens is 298 g/mol. The summed E-state index contributed by atoms with van der Waals surface area (Å²) in [7, 11) is 0. The number of halogens is 1. The monoisotopic (exact) mass is 317 g/mol. The minimum atomic E-state index is 0.0493. The molecule has 0 saturated carbocycles. The van der Waals surface area contributed by atoms with Crippen molar-refractivity contribution in [2.75, 3.05) is 0 Å². The minimum Gasteiger partial charge on any atom is -0.324 e. The van der Waals surface area contributed by atoms with Crippen molar-refractivity contribution in [2.24, 2.45) is 5.73 Å². The lowest BCUT2D eigenvalue weighted by molar-refractivity contribution is 0.720. The van der Waals surface area contributed by atoms with Crippen LogP contribution in [-0.4, -0.2) is 0 Å². The van der Waals surface area contributed by atoms with Crippen LogP contribution in [-0.2, 0) is 6.42 Å². The molecule has 2 rings (SSSR count). The molecule has 0 aliphatic heterocycles. The predicted molar refractivity (Wildman–Crippen MR) is 85.4 cm³/mol. The van der Waals surface area contributed by atoms with Gasteiger partial charge in [-0.05, 0) is 49.4 Å². The van der Waals surface area contributed by atoms with Crippen molar-refractivity contribution >= 4 is 15.9 Å². The van der Waals surface area contributed by atoms with E-state index in [2.05, 4.69) is 73.1 Å². The van der Waals surface area contributed by atoms with Gasteiger partial charge < -0.3 is 5.73 Å². The molecule has 0 aliphatic rings. The van der Waals surface area contributed by atoms with Crippen molar-refractivity contribution < 1.29 is 0 Å². The van der Waals surface area contributed by atoms with Crippen LogP contribution in [0, 0.1) is 20.8 Å². The van der Waals surface area contributed by atoms with Gasteiger partial charge in [-0.2, -0.15) is 0 Å². The summed E-state index contributed by atoms with van der Waals surface area (Å²) < 4.78 is 1.18. The van der Waals surface area contributed by atoms with Gasteiger partial charge in [0.1, 0.15) is 0 Å². The number of benzene rings is 2. The zero-order valence-electron chi connectivity index (χ0n) is 11.7. The Bertz CT molecular complexity index is 549. The Morgan fingerprint density at radius 2 is 1.53 bits per heavy atom. The molecule has 0 spiro atoms. The Balaban J connectivity index is 2.20. The highest BCUT2D eigenvalue weighted by molar-refractivity contribution is 9.10. The molecule has 100 valence electrons. The van der Waals surface area contributed by atoms with Gasteiger partial charge in [-0.25, -0.2) is 0 Å². The van der Waals surface area contributed by atoms with Crippen LogP contribution < -0.4 is 5.73 Å². The molecule has 2 aromatic carbocycles. The third kappa shape index (κ3) is 3.46. The second-order valence-electron chi connectivity index (χ2n) is 5.26. The molecule has 0 radical (unpaired) electrons. The van der Waals surface area contributed by atoms with Gasteiger partial charge in [0.2, 0.25) is 0 Å². The Morgan fingerprint density at radius 3 is 2.05 bits per heavy atom. The molecule has 0 saturated heterocycles. The number of hydrogen-bond acceptors (Lipinski definition) is 1. The van der Waals surface area contributed by atoms with E-state index in [1.807, 2.05) is 0 Å². The highest BCUT2D eigenvalue weighted by atomic mass is 79.9. The molecule has 0 fully saturated rings. The average Bonchev–Trinajstić information content (AvgIpc) is 2.38. The van der Waals surface area contributed by atoms with Gasteiger partial charge in [0.25, 0.3) is 0 Å². The molecule has 0 bridgehead atoms. The molecule has 2 heteroatoms. The van der Waals surface area contributed by atoms with Crippen LogP contribution in [0.2, 0.25) is 0 Å². The highest BCUT2D eigenvalue weighted by Gasteiger charge is 2.10. The van der Waals surface area contributed by atoms with Crippen LogP contribution in [0.4, 0.5) is 0 Å². The molecular formula is C17H20BrN. The van der Waals surface area contributed by atoms with Crippen LogP contribution in [0.5, 0.6) is 0 Å². The van der Waals surface area contributed by atoms with Gasteiger partial charge >= 0.3 is 0 Å². The fourth-order valence-corrected chi connectivity index (χ4v) is 2.52. The summed E-state index contributed by atoms with van der Waals surface area (Å²) in [4.78, 5) is 0. The van der Waals surface area contributed by atoms with E-state index < -0.39 is 0 Å². The smallest absolute Gasteiger partial charge is 0.0335 e. The molecule has 2 N–H and O–H groups in total. The molecule has 1 nitrogen and oxygen atoms in total. The van der Waals surface area contributed by atoms with E-state index in [1.54, 1.807) is 0 Å². The largest absolute Gasteiger partial charge is 0.324 e. The first-order valence-electron chi connectivity index (χ1n) is 6.55. The highest BCUT2D eigenvalue weighted by Crippen LogP contribution is 2.26. The van der Waals surface area contributed by atoms with E-state index in [-0.39, 0.29) is 6.04 Å². The summed E-state index contributed by atoms with van der Waals surface area (Å²) in [5, 5.41) is 0. The zero-order chi connectivity index (χ0) is 14.0. The molecule has 0 heterocycles. The molecule has 19 heavy (non-hydrogen) atoms. The topological polar surface area (TPSA) is 26.0 Å². The number of nitrogens with two attached hydrogens (primary N) is 1. The van der Waals surface area contributed by atoms with Crippen LogP contribution in [0.1, 0.15) is 33.9 Å². The Hall–Kier alpha value is -1.12. The summed E-state index contributed by atoms with van der Waals surface area (Å²) in [6, 6.07) is 13.0. The SMILES string of the molecule is Cc1ccc(CC(N)c2cc(C)c(Br)c(C)c2)cc1. The fourth-order valence-electron chi connectivity index (χ4n) is 2.29. The van der Waals surface area contributed by atoms with Crippen molar-refractivity contribution in [1.82, 2.24) is 0 Å². The number of aryl methyl sites for hydroxylation is 3. The van der Waals surface area contributed by atoms with Crippen molar-refractivity contribution in [3.8, 4) is 0 Å². The van der Waals surface area contributed by atoms with E-state index in [4.69, 9.17) is 5.73 Å². The van der Waals surface area contributed by atoms with E-state index in [0.717, 1.165) is 6.42 Å². The number of rotatable bonds is 3. The van der Waals surface area contributed by atoms with Gasteiger partial charge in [-0.15, -0.1) is 0 Å². The summed E-state index contributed by atoms with van der Waals surface area (Å²) >= 11 is 3.60. The van der Waals surface area contributed by atoms with E-state index in [1.165, 1.54) is 32.3 Å². The maximum Gasteiger partial charge on any atom is 0.0335 e. The quantitative estimate of drug-likeness (QED) is 0.878. The lowest BCUT2D eigenvalue weighted by Gasteiger charge is -2.15. The van der Waals surface area contributed by atoms with Crippen LogP contribution >= 0.6 is 15.9 Å². The van der Waals surface area contributed by atoms with Crippen LogP contribution in [0.3, 0.4) is 0 Å². The summed E-state index contributed by atoms with van der Waals surface area (Å²) in [6.45, 7) is 6.32. The first kappa shape index (κ1) is 14.3. The third-order valence-corrected chi connectivity index (χ3v) is 4.71. The zero-order valence-corrected chi connectivity index (χ0v) is 13.3. The van der Waals surface area contributed by atoms with Gasteiger partial charge in [0, 0.05) is 10.5 Å². The van der Waals surface area contributed by atoms with Gasteiger partial charge in [-0.3, -0.25) is 0 Å². The second kappa shape index (κ2) is 5.89. The van der Waals surface area contributed by atoms with Crippen molar-refractivity contribution in [1.29, 1.82) is 0 Å². The summed E-state index contributed by atoms with van der Waals surface area (Å²) in [6.07, 6.45) is 0.876. The summed E-state index contributed by atoms with van der Waals surface area (Å²) in [5.41, 5.74) is 12.6. The van der Waals surface area contributed by atoms with Gasteiger partial charge in [0.05, 0.1) is 0 Å². The second-order valence-corrected chi connectivity index (χ2v) is 6.06. The van der Waals surface area contributed by atoms with Crippen LogP contribution in [0.15, 0.2) is 40.9 Å². The molecule has 1 atom stereocenters. The Labute approximate surface area is 124 Å². The molecule has 2 aromatic rings. The summed E-state index contributed by atoms with van der Waals surface area (Å²) in [5.74, 6) is 0. The van der Waals surface area contributed by atoms with Crippen LogP contribution in [0.25, 0.3) is 0 Å². The van der Waals surface area contributed by atoms with Crippen molar-refractivity contribution in [3.63, 3.8) is 0 Å². The standard InChI is InChI=1S/C17H20BrN/c1-11-4-6-14(7-5-11)10-16(19)15-8-12(2)17(18)13(3)9-15/h4-9,16H,10,19H2,1-3H3. The Kier molecular flexibility index (Phi) is 4.43. The first-order chi connectivity index (χ1) is 8.97. The van der Waals surface area contributed by atoms with Gasteiger partial charge in [-0.1, -0.05) is 57.9 Å². The lowest BCUT2D eigenvalue weighted by atomic mass is 9.96.